The molecule has 2 aromatic carbocycles. The Balaban J connectivity index is 1.53. The molecule has 3 aromatic rings. The van der Waals surface area contributed by atoms with Crippen LogP contribution in [0.4, 0.5) is 0 Å². The lowest BCUT2D eigenvalue weighted by molar-refractivity contribution is 0.0162. The summed E-state index contributed by atoms with van der Waals surface area (Å²) in [6, 6.07) is 16.7. The van der Waals surface area contributed by atoms with Crippen LogP contribution in [-0.4, -0.2) is 43.7 Å². The van der Waals surface area contributed by atoms with Crippen molar-refractivity contribution in [3.63, 3.8) is 0 Å². The number of rotatable bonds is 6. The number of ether oxygens (including phenoxy) is 1. The highest BCUT2D eigenvalue weighted by Crippen LogP contribution is 2.35. The summed E-state index contributed by atoms with van der Waals surface area (Å²) in [5.41, 5.74) is 2.53. The molecule has 1 N–H and O–H groups in total. The summed E-state index contributed by atoms with van der Waals surface area (Å²) in [7, 11) is 0. The van der Waals surface area contributed by atoms with E-state index in [1.807, 2.05) is 24.3 Å². The summed E-state index contributed by atoms with van der Waals surface area (Å²) in [6.45, 7) is 8.08. The highest BCUT2D eigenvalue weighted by Gasteiger charge is 2.25. The molecule has 1 saturated heterocycles. The second kappa shape index (κ2) is 9.48. The van der Waals surface area contributed by atoms with Gasteiger partial charge in [-0.2, -0.15) is 0 Å². The summed E-state index contributed by atoms with van der Waals surface area (Å²) >= 11 is 7.95. The van der Waals surface area contributed by atoms with E-state index in [1.165, 1.54) is 22.5 Å². The predicted octanol–water partition coefficient (Wildman–Crippen LogP) is 5.48. The van der Waals surface area contributed by atoms with Crippen LogP contribution in [0.5, 0.6) is 0 Å². The number of carbonyl (C=O) groups excluding carboxylic acids is 1. The maximum Gasteiger partial charge on any atom is 0.262 e. The number of halogens is 1. The van der Waals surface area contributed by atoms with E-state index in [0.29, 0.717) is 22.4 Å². The van der Waals surface area contributed by atoms with Crippen molar-refractivity contribution in [2.45, 2.75) is 25.8 Å². The number of thiophene rings is 1. The van der Waals surface area contributed by atoms with Crippen molar-refractivity contribution >= 4 is 38.9 Å². The first-order valence-electron chi connectivity index (χ1n) is 10.4. The number of nitrogens with one attached hydrogen (secondary N) is 1. The van der Waals surface area contributed by atoms with Crippen molar-refractivity contribution in [3.05, 3.63) is 69.6 Å². The second-order valence-corrected chi connectivity index (χ2v) is 9.37. The van der Waals surface area contributed by atoms with Gasteiger partial charge in [0.15, 0.2) is 0 Å². The third kappa shape index (κ3) is 4.54. The molecule has 6 heteroatoms. The van der Waals surface area contributed by atoms with Crippen LogP contribution in [0.3, 0.4) is 0 Å². The van der Waals surface area contributed by atoms with Gasteiger partial charge in [0.05, 0.1) is 24.3 Å². The van der Waals surface area contributed by atoms with Crippen LogP contribution in [0, 0.1) is 0 Å². The van der Waals surface area contributed by atoms with Gasteiger partial charge in [-0.05, 0) is 23.1 Å². The summed E-state index contributed by atoms with van der Waals surface area (Å²) in [6.07, 6.45) is 0. The maximum absolute atomic E-state index is 13.0. The first-order valence-corrected chi connectivity index (χ1v) is 11.6. The number of fused-ring (bicyclic) bond motifs is 1. The molecule has 1 fully saturated rings. The van der Waals surface area contributed by atoms with E-state index >= 15 is 0 Å². The second-order valence-electron chi connectivity index (χ2n) is 7.94. The first kappa shape index (κ1) is 21.3. The molecular formula is C24H27ClN2O2S. The smallest absolute Gasteiger partial charge is 0.262 e. The van der Waals surface area contributed by atoms with E-state index in [4.69, 9.17) is 16.3 Å². The van der Waals surface area contributed by atoms with Crippen molar-refractivity contribution in [1.29, 1.82) is 0 Å². The summed E-state index contributed by atoms with van der Waals surface area (Å²) in [5.74, 6) is 0.383. The van der Waals surface area contributed by atoms with E-state index in [9.17, 15) is 4.79 Å². The van der Waals surface area contributed by atoms with E-state index in [0.717, 1.165) is 36.4 Å². The summed E-state index contributed by atoms with van der Waals surface area (Å²) in [5, 5.41) is 4.61. The fraction of sp³-hybridized carbons (Fsp3) is 0.375. The van der Waals surface area contributed by atoms with Crippen LogP contribution in [0.2, 0.25) is 5.02 Å². The number of carbonyl (C=O) groups is 1. The highest BCUT2D eigenvalue weighted by molar-refractivity contribution is 7.21. The van der Waals surface area contributed by atoms with Gasteiger partial charge in [0, 0.05) is 29.7 Å². The van der Waals surface area contributed by atoms with Gasteiger partial charge in [-0.15, -0.1) is 11.3 Å². The van der Waals surface area contributed by atoms with Crippen LogP contribution in [0.25, 0.3) is 10.1 Å². The minimum atomic E-state index is -0.113. The molecule has 1 unspecified atom stereocenters. The molecule has 158 valence electrons. The van der Waals surface area contributed by atoms with Gasteiger partial charge in [-0.25, -0.2) is 0 Å². The van der Waals surface area contributed by atoms with E-state index in [-0.39, 0.29) is 11.9 Å². The Labute approximate surface area is 186 Å². The molecule has 0 spiro atoms. The third-order valence-corrected chi connectivity index (χ3v) is 7.35. The zero-order valence-corrected chi connectivity index (χ0v) is 18.9. The zero-order chi connectivity index (χ0) is 21.1. The van der Waals surface area contributed by atoms with Gasteiger partial charge in [0.25, 0.3) is 5.91 Å². The van der Waals surface area contributed by atoms with E-state index in [2.05, 4.69) is 48.3 Å². The Hall–Kier alpha value is -1.92. The van der Waals surface area contributed by atoms with Crippen molar-refractivity contribution < 1.29 is 9.53 Å². The molecule has 4 nitrogen and oxygen atoms in total. The molecule has 1 aromatic heterocycles. The number of amides is 1. The Kier molecular flexibility index (Phi) is 6.74. The molecule has 2 heterocycles. The summed E-state index contributed by atoms with van der Waals surface area (Å²) in [4.78, 5) is 15.9. The molecule has 4 rings (SSSR count). The number of morpholine rings is 1. The van der Waals surface area contributed by atoms with Gasteiger partial charge >= 0.3 is 0 Å². The molecule has 30 heavy (non-hydrogen) atoms. The molecule has 1 atom stereocenters. The Morgan fingerprint density at radius 3 is 2.43 bits per heavy atom. The van der Waals surface area contributed by atoms with Crippen molar-refractivity contribution in [2.24, 2.45) is 0 Å². The lowest BCUT2D eigenvalue weighted by Crippen LogP contribution is -2.43. The van der Waals surface area contributed by atoms with E-state index < -0.39 is 0 Å². The Morgan fingerprint density at radius 1 is 1.10 bits per heavy atom. The van der Waals surface area contributed by atoms with Gasteiger partial charge < -0.3 is 10.1 Å². The first-order chi connectivity index (χ1) is 14.5. The molecule has 1 aliphatic rings. The number of nitrogens with zero attached hydrogens (tertiary/aromatic N) is 1. The standard InChI is InChI=1S/C24H27ClN2O2S/c1-16(2)17-7-9-18(10-8-17)20(27-11-13-29-14-12-27)15-26-24(28)23-22(25)19-5-3-4-6-21(19)30-23/h3-10,16,20H,11-15H2,1-2H3,(H,26,28). The lowest BCUT2D eigenvalue weighted by Gasteiger charge is -2.35. The molecule has 1 aliphatic heterocycles. The van der Waals surface area contributed by atoms with Gasteiger partial charge in [0.1, 0.15) is 4.88 Å². The molecule has 1 amide bonds. The van der Waals surface area contributed by atoms with Crippen molar-refractivity contribution in [1.82, 2.24) is 10.2 Å². The fourth-order valence-electron chi connectivity index (χ4n) is 3.88. The third-order valence-electron chi connectivity index (χ3n) is 5.67. The van der Waals surface area contributed by atoms with Crippen LogP contribution in [0.15, 0.2) is 48.5 Å². The van der Waals surface area contributed by atoms with Crippen molar-refractivity contribution in [3.8, 4) is 0 Å². The summed E-state index contributed by atoms with van der Waals surface area (Å²) < 4.78 is 6.57. The monoisotopic (exact) mass is 442 g/mol. The number of benzene rings is 2. The molecule has 0 aliphatic carbocycles. The fourth-order valence-corrected chi connectivity index (χ4v) is 5.31. The highest BCUT2D eigenvalue weighted by atomic mass is 35.5. The minimum absolute atomic E-state index is 0.104. The molecule has 0 saturated carbocycles. The van der Waals surface area contributed by atoms with Crippen LogP contribution in [0.1, 0.15) is 46.6 Å². The lowest BCUT2D eigenvalue weighted by atomic mass is 9.98. The quantitative estimate of drug-likeness (QED) is 0.549. The van der Waals surface area contributed by atoms with Crippen LogP contribution >= 0.6 is 22.9 Å². The largest absolute Gasteiger partial charge is 0.379 e. The van der Waals surface area contributed by atoms with E-state index in [1.54, 1.807) is 0 Å². The maximum atomic E-state index is 13.0. The van der Waals surface area contributed by atoms with Gasteiger partial charge in [-0.3, -0.25) is 9.69 Å². The Morgan fingerprint density at radius 2 is 1.77 bits per heavy atom. The average molecular weight is 443 g/mol. The molecular weight excluding hydrogens is 416 g/mol. The number of hydrogen-bond acceptors (Lipinski definition) is 4. The zero-order valence-electron chi connectivity index (χ0n) is 17.4. The topological polar surface area (TPSA) is 41.6 Å². The SMILES string of the molecule is CC(C)c1ccc(C(CNC(=O)c2sc3ccccc3c2Cl)N2CCOCC2)cc1. The average Bonchev–Trinajstić information content (AvgIpc) is 3.12. The minimum Gasteiger partial charge on any atom is -0.379 e. The molecule has 0 bridgehead atoms. The van der Waals surface area contributed by atoms with Crippen LogP contribution < -0.4 is 5.32 Å². The Bertz CT molecular complexity index is 1010. The predicted molar refractivity (Wildman–Crippen MR) is 125 cm³/mol. The molecule has 0 radical (unpaired) electrons. The van der Waals surface area contributed by atoms with Gasteiger partial charge in [-0.1, -0.05) is 67.9 Å². The normalized spacial score (nSPS) is 16.1. The van der Waals surface area contributed by atoms with Crippen molar-refractivity contribution in [2.75, 3.05) is 32.8 Å². The van der Waals surface area contributed by atoms with Gasteiger partial charge in [0.2, 0.25) is 0 Å². The van der Waals surface area contributed by atoms with Crippen LogP contribution in [-0.2, 0) is 4.74 Å². The number of hydrogen-bond donors (Lipinski definition) is 1.